The van der Waals surface area contributed by atoms with Crippen LogP contribution in [0, 0.1) is 5.92 Å². The van der Waals surface area contributed by atoms with Crippen molar-refractivity contribution in [3.8, 4) is 0 Å². The number of nitrogens with zero attached hydrogens (tertiary/aromatic N) is 2. The van der Waals surface area contributed by atoms with E-state index in [0.717, 1.165) is 19.5 Å². The smallest absolute Gasteiger partial charge is 0.223 e. The van der Waals surface area contributed by atoms with Gasteiger partial charge in [-0.15, -0.1) is 0 Å². The van der Waals surface area contributed by atoms with Crippen LogP contribution in [-0.4, -0.2) is 41.5 Å². The molecule has 1 amide bonds. The van der Waals surface area contributed by atoms with E-state index in [9.17, 15) is 4.79 Å². The van der Waals surface area contributed by atoms with Gasteiger partial charge >= 0.3 is 0 Å². The molecule has 3 atom stereocenters. The number of nitrogens with one attached hydrogen (secondary N) is 1. The fourth-order valence-electron chi connectivity index (χ4n) is 3.51. The molecule has 0 radical (unpaired) electrons. The quantitative estimate of drug-likeness (QED) is 0.903. The van der Waals surface area contributed by atoms with Crippen LogP contribution in [0.25, 0.3) is 0 Å². The Morgan fingerprint density at radius 2 is 2.38 bits per heavy atom. The van der Waals surface area contributed by atoms with Crippen molar-refractivity contribution in [1.82, 2.24) is 15.2 Å². The van der Waals surface area contributed by atoms with Crippen LogP contribution in [-0.2, 0) is 4.79 Å². The number of hydrogen-bond acceptors (Lipinski definition) is 3. The fourth-order valence-corrected chi connectivity index (χ4v) is 3.51. The molecule has 114 valence electrons. The summed E-state index contributed by atoms with van der Waals surface area (Å²) in [4.78, 5) is 18.9. The van der Waals surface area contributed by atoms with Crippen molar-refractivity contribution in [1.29, 1.82) is 0 Å². The van der Waals surface area contributed by atoms with Gasteiger partial charge < -0.3 is 5.32 Å². The number of rotatable bonds is 5. The SMILES string of the molecule is CCN1CCCC[C@@H]1CNC(=O)[C@@H]1C[C@@H]1c1cccnc1. The lowest BCUT2D eigenvalue weighted by Crippen LogP contribution is -2.46. The molecule has 4 nitrogen and oxygen atoms in total. The Balaban J connectivity index is 1.47. The predicted molar refractivity (Wildman–Crippen MR) is 83.0 cm³/mol. The van der Waals surface area contributed by atoms with Gasteiger partial charge in [-0.1, -0.05) is 19.4 Å². The minimum Gasteiger partial charge on any atom is -0.354 e. The average Bonchev–Trinajstić information content (AvgIpc) is 3.34. The highest BCUT2D eigenvalue weighted by Gasteiger charge is 2.44. The summed E-state index contributed by atoms with van der Waals surface area (Å²) in [6.45, 7) is 5.28. The number of carbonyl (C=O) groups is 1. The van der Waals surface area contributed by atoms with Gasteiger partial charge in [0.05, 0.1) is 0 Å². The van der Waals surface area contributed by atoms with Crippen molar-refractivity contribution in [3.05, 3.63) is 30.1 Å². The first-order valence-corrected chi connectivity index (χ1v) is 8.21. The second-order valence-corrected chi connectivity index (χ2v) is 6.26. The van der Waals surface area contributed by atoms with Gasteiger partial charge in [-0.05, 0) is 49.9 Å². The molecule has 3 rings (SSSR count). The molecule has 1 aliphatic carbocycles. The zero-order valence-corrected chi connectivity index (χ0v) is 12.8. The van der Waals surface area contributed by atoms with E-state index in [2.05, 4.69) is 28.2 Å². The molecule has 2 aliphatic rings. The summed E-state index contributed by atoms with van der Waals surface area (Å²) in [6.07, 6.45) is 8.44. The topological polar surface area (TPSA) is 45.2 Å². The molecule has 0 unspecified atom stereocenters. The maximum Gasteiger partial charge on any atom is 0.223 e. The molecule has 1 saturated carbocycles. The third-order valence-electron chi connectivity index (χ3n) is 4.91. The number of piperidine rings is 1. The first-order valence-electron chi connectivity index (χ1n) is 8.21. The molecule has 1 N–H and O–H groups in total. The van der Waals surface area contributed by atoms with E-state index in [1.807, 2.05) is 12.3 Å². The minimum atomic E-state index is 0.160. The highest BCUT2D eigenvalue weighted by atomic mass is 16.2. The summed E-state index contributed by atoms with van der Waals surface area (Å²) in [5.41, 5.74) is 1.20. The molecule has 1 aromatic rings. The number of amides is 1. The summed E-state index contributed by atoms with van der Waals surface area (Å²) in [7, 11) is 0. The van der Waals surface area contributed by atoms with Gasteiger partial charge in [-0.3, -0.25) is 14.7 Å². The zero-order valence-electron chi connectivity index (χ0n) is 12.8. The van der Waals surface area contributed by atoms with Crippen molar-refractivity contribution in [3.63, 3.8) is 0 Å². The third-order valence-corrected chi connectivity index (χ3v) is 4.91. The lowest BCUT2D eigenvalue weighted by molar-refractivity contribution is -0.122. The van der Waals surface area contributed by atoms with Crippen LogP contribution in [0.3, 0.4) is 0 Å². The van der Waals surface area contributed by atoms with E-state index < -0.39 is 0 Å². The largest absolute Gasteiger partial charge is 0.354 e. The standard InChI is InChI=1S/C17H25N3O/c1-2-20-9-4-3-7-14(20)12-19-17(21)16-10-15(16)13-6-5-8-18-11-13/h5-6,8,11,14-16H,2-4,7,9-10,12H2,1H3,(H,19,21)/t14-,15-,16-/m1/s1. The van der Waals surface area contributed by atoms with Gasteiger partial charge in [0.2, 0.25) is 5.91 Å². The number of likely N-dealkylation sites (N-methyl/N-ethyl adjacent to an activating group) is 1. The number of pyridine rings is 1. The van der Waals surface area contributed by atoms with Crippen LogP contribution in [0.2, 0.25) is 0 Å². The van der Waals surface area contributed by atoms with E-state index in [-0.39, 0.29) is 11.8 Å². The summed E-state index contributed by atoms with van der Waals surface area (Å²) in [5.74, 6) is 0.769. The number of carbonyl (C=O) groups excluding carboxylic acids is 1. The summed E-state index contributed by atoms with van der Waals surface area (Å²) in [5, 5.41) is 3.18. The Morgan fingerprint density at radius 3 is 3.14 bits per heavy atom. The van der Waals surface area contributed by atoms with Gasteiger partial charge in [-0.25, -0.2) is 0 Å². The van der Waals surface area contributed by atoms with Crippen molar-refractivity contribution in [2.24, 2.45) is 5.92 Å². The predicted octanol–water partition coefficient (Wildman–Crippen LogP) is 2.18. The van der Waals surface area contributed by atoms with Gasteiger partial charge in [0.15, 0.2) is 0 Å². The van der Waals surface area contributed by atoms with Crippen LogP contribution in [0.15, 0.2) is 24.5 Å². The van der Waals surface area contributed by atoms with E-state index in [1.165, 1.54) is 31.4 Å². The summed E-state index contributed by atoms with van der Waals surface area (Å²) in [6, 6.07) is 4.55. The van der Waals surface area contributed by atoms with Gasteiger partial charge in [-0.2, -0.15) is 0 Å². The molecule has 0 spiro atoms. The molecule has 2 heterocycles. The molecule has 4 heteroatoms. The van der Waals surface area contributed by atoms with Gasteiger partial charge in [0, 0.05) is 30.9 Å². The normalized spacial score (nSPS) is 29.1. The van der Waals surface area contributed by atoms with Crippen LogP contribution < -0.4 is 5.32 Å². The molecule has 1 saturated heterocycles. The number of likely N-dealkylation sites (tertiary alicyclic amines) is 1. The molecule has 1 aliphatic heterocycles. The average molecular weight is 287 g/mol. The number of aromatic nitrogens is 1. The molecule has 2 fully saturated rings. The van der Waals surface area contributed by atoms with Gasteiger partial charge in [0.25, 0.3) is 0 Å². The monoisotopic (exact) mass is 287 g/mol. The summed E-state index contributed by atoms with van der Waals surface area (Å²) < 4.78 is 0. The second kappa shape index (κ2) is 6.56. The van der Waals surface area contributed by atoms with Crippen LogP contribution in [0.1, 0.15) is 44.1 Å². The van der Waals surface area contributed by atoms with Gasteiger partial charge in [0.1, 0.15) is 0 Å². The third kappa shape index (κ3) is 3.43. The van der Waals surface area contributed by atoms with Crippen LogP contribution >= 0.6 is 0 Å². The van der Waals surface area contributed by atoms with Crippen molar-refractivity contribution in [2.45, 2.75) is 44.6 Å². The summed E-state index contributed by atoms with van der Waals surface area (Å²) >= 11 is 0. The zero-order chi connectivity index (χ0) is 14.7. The van der Waals surface area contributed by atoms with Crippen molar-refractivity contribution >= 4 is 5.91 Å². The van der Waals surface area contributed by atoms with E-state index in [1.54, 1.807) is 6.20 Å². The molecular formula is C17H25N3O. The second-order valence-electron chi connectivity index (χ2n) is 6.26. The maximum atomic E-state index is 12.3. The Labute approximate surface area is 126 Å². The maximum absolute atomic E-state index is 12.3. The minimum absolute atomic E-state index is 0.160. The Bertz CT molecular complexity index is 476. The highest BCUT2D eigenvalue weighted by Crippen LogP contribution is 2.47. The van der Waals surface area contributed by atoms with E-state index >= 15 is 0 Å². The molecule has 1 aromatic heterocycles. The van der Waals surface area contributed by atoms with E-state index in [4.69, 9.17) is 0 Å². The Hall–Kier alpha value is -1.42. The number of hydrogen-bond donors (Lipinski definition) is 1. The highest BCUT2D eigenvalue weighted by molar-refractivity contribution is 5.82. The van der Waals surface area contributed by atoms with E-state index in [0.29, 0.717) is 12.0 Å². The van der Waals surface area contributed by atoms with Crippen molar-refractivity contribution in [2.75, 3.05) is 19.6 Å². The lowest BCUT2D eigenvalue weighted by Gasteiger charge is -2.34. The first kappa shape index (κ1) is 14.5. The fraction of sp³-hybridized carbons (Fsp3) is 0.647. The molecule has 21 heavy (non-hydrogen) atoms. The molecule has 0 aromatic carbocycles. The lowest BCUT2D eigenvalue weighted by atomic mass is 10.0. The Kier molecular flexibility index (Phi) is 4.54. The van der Waals surface area contributed by atoms with Crippen LogP contribution in [0.4, 0.5) is 0 Å². The van der Waals surface area contributed by atoms with Crippen LogP contribution in [0.5, 0.6) is 0 Å². The first-order chi connectivity index (χ1) is 10.3. The Morgan fingerprint density at radius 1 is 1.48 bits per heavy atom. The molecule has 0 bridgehead atoms. The molecular weight excluding hydrogens is 262 g/mol. The van der Waals surface area contributed by atoms with Crippen molar-refractivity contribution < 1.29 is 4.79 Å².